The predicted molar refractivity (Wildman–Crippen MR) is 98.6 cm³/mol. The molecule has 0 saturated heterocycles. The maximum Gasteiger partial charge on any atom is 0.163 e. The monoisotopic (exact) mass is 314 g/mol. The minimum atomic E-state index is 0.165. The van der Waals surface area contributed by atoms with E-state index in [0.29, 0.717) is 6.73 Å². The normalized spacial score (nSPS) is 14.8. The van der Waals surface area contributed by atoms with Crippen LogP contribution in [-0.2, 0) is 0 Å². The van der Waals surface area contributed by atoms with Crippen molar-refractivity contribution >= 4 is 27.5 Å². The van der Waals surface area contributed by atoms with E-state index in [9.17, 15) is 0 Å². The molecule has 3 nitrogen and oxygen atoms in total. The van der Waals surface area contributed by atoms with Crippen LogP contribution in [0.4, 0.5) is 5.69 Å². The SMILES string of the molecule is CC(N1COc2ccccc21)n1c2ccccc2c2ccccc21. The fourth-order valence-corrected chi connectivity index (χ4v) is 3.83. The van der Waals surface area contributed by atoms with E-state index in [-0.39, 0.29) is 6.17 Å². The van der Waals surface area contributed by atoms with Gasteiger partial charge in [-0.15, -0.1) is 0 Å². The minimum Gasteiger partial charge on any atom is -0.471 e. The summed E-state index contributed by atoms with van der Waals surface area (Å²) in [6.45, 7) is 2.83. The molecule has 0 amide bonds. The Morgan fingerprint density at radius 3 is 2.08 bits per heavy atom. The van der Waals surface area contributed by atoms with Crippen molar-refractivity contribution in [1.82, 2.24) is 4.57 Å². The molecule has 1 aromatic heterocycles. The summed E-state index contributed by atoms with van der Waals surface area (Å²) in [5.74, 6) is 0.963. The number of ether oxygens (including phenoxy) is 1. The molecule has 1 aliphatic rings. The van der Waals surface area contributed by atoms with Crippen LogP contribution in [0.3, 0.4) is 0 Å². The molecule has 3 aromatic carbocycles. The molecule has 0 bridgehead atoms. The van der Waals surface area contributed by atoms with Gasteiger partial charge in [-0.3, -0.25) is 0 Å². The largest absolute Gasteiger partial charge is 0.471 e. The maximum absolute atomic E-state index is 5.87. The second-order valence-electron chi connectivity index (χ2n) is 6.25. The number of aromatic nitrogens is 1. The van der Waals surface area contributed by atoms with E-state index in [4.69, 9.17) is 4.74 Å². The molecule has 0 saturated carbocycles. The van der Waals surface area contributed by atoms with Crippen molar-refractivity contribution in [3.63, 3.8) is 0 Å². The van der Waals surface area contributed by atoms with Gasteiger partial charge in [0.2, 0.25) is 0 Å². The maximum atomic E-state index is 5.87. The van der Waals surface area contributed by atoms with E-state index in [0.717, 1.165) is 11.4 Å². The lowest BCUT2D eigenvalue weighted by Gasteiger charge is -2.27. The average Bonchev–Trinajstić information content (AvgIpc) is 3.21. The first-order valence-electron chi connectivity index (χ1n) is 8.31. The van der Waals surface area contributed by atoms with Gasteiger partial charge in [-0.2, -0.15) is 0 Å². The molecule has 0 radical (unpaired) electrons. The molecule has 0 aliphatic carbocycles. The van der Waals surface area contributed by atoms with Crippen molar-refractivity contribution in [2.75, 3.05) is 11.6 Å². The third kappa shape index (κ3) is 1.78. The van der Waals surface area contributed by atoms with Crippen LogP contribution in [0.25, 0.3) is 21.8 Å². The summed E-state index contributed by atoms with van der Waals surface area (Å²) in [5, 5.41) is 2.60. The first-order chi connectivity index (χ1) is 11.8. The molecule has 5 rings (SSSR count). The van der Waals surface area contributed by atoms with Gasteiger partial charge in [-0.05, 0) is 31.2 Å². The lowest BCUT2D eigenvalue weighted by molar-refractivity contribution is 0.324. The Morgan fingerprint density at radius 2 is 1.38 bits per heavy atom. The highest BCUT2D eigenvalue weighted by Gasteiger charge is 2.27. The molecule has 0 fully saturated rings. The number of nitrogens with zero attached hydrogens (tertiary/aromatic N) is 2. The minimum absolute atomic E-state index is 0.165. The number of anilines is 1. The molecule has 1 aliphatic heterocycles. The highest BCUT2D eigenvalue weighted by molar-refractivity contribution is 6.08. The first-order valence-corrected chi connectivity index (χ1v) is 8.31. The molecule has 1 atom stereocenters. The average molecular weight is 314 g/mol. The van der Waals surface area contributed by atoms with Crippen molar-refractivity contribution in [3.05, 3.63) is 72.8 Å². The van der Waals surface area contributed by atoms with Gasteiger partial charge in [0, 0.05) is 10.8 Å². The number of rotatable bonds is 2. The van der Waals surface area contributed by atoms with Gasteiger partial charge < -0.3 is 14.2 Å². The highest BCUT2D eigenvalue weighted by atomic mass is 16.5. The van der Waals surface area contributed by atoms with Crippen LogP contribution in [0.1, 0.15) is 13.1 Å². The summed E-state index contributed by atoms with van der Waals surface area (Å²) < 4.78 is 8.28. The Bertz CT molecular complexity index is 997. The Morgan fingerprint density at radius 1 is 0.792 bits per heavy atom. The topological polar surface area (TPSA) is 17.4 Å². The van der Waals surface area contributed by atoms with Crippen molar-refractivity contribution in [3.8, 4) is 5.75 Å². The van der Waals surface area contributed by atoms with Crippen molar-refractivity contribution in [1.29, 1.82) is 0 Å². The Hall–Kier alpha value is -2.94. The first kappa shape index (κ1) is 13.5. The fourth-order valence-electron chi connectivity index (χ4n) is 3.83. The van der Waals surface area contributed by atoms with Crippen LogP contribution in [0, 0.1) is 0 Å². The van der Waals surface area contributed by atoms with Gasteiger partial charge in [0.15, 0.2) is 6.73 Å². The molecule has 0 spiro atoms. The second kappa shape index (κ2) is 5.03. The number of benzene rings is 3. The van der Waals surface area contributed by atoms with Crippen molar-refractivity contribution in [2.45, 2.75) is 13.1 Å². The molecule has 118 valence electrons. The summed E-state index contributed by atoms with van der Waals surface area (Å²) in [6.07, 6.45) is 0.165. The lowest BCUT2D eigenvalue weighted by Crippen LogP contribution is -2.29. The molecule has 3 heteroatoms. The number of hydrogen-bond donors (Lipinski definition) is 0. The van der Waals surface area contributed by atoms with Gasteiger partial charge in [0.05, 0.1) is 16.7 Å². The van der Waals surface area contributed by atoms with Gasteiger partial charge in [-0.25, -0.2) is 0 Å². The van der Waals surface area contributed by atoms with Gasteiger partial charge in [-0.1, -0.05) is 48.5 Å². The third-order valence-corrected chi connectivity index (χ3v) is 4.98. The summed E-state index contributed by atoms with van der Waals surface area (Å²) in [4.78, 5) is 2.31. The van der Waals surface area contributed by atoms with Gasteiger partial charge in [0.1, 0.15) is 11.9 Å². The van der Waals surface area contributed by atoms with Crippen LogP contribution < -0.4 is 9.64 Å². The number of fused-ring (bicyclic) bond motifs is 4. The Kier molecular flexibility index (Phi) is 2.83. The van der Waals surface area contributed by atoms with E-state index >= 15 is 0 Å². The quantitative estimate of drug-likeness (QED) is 0.508. The highest BCUT2D eigenvalue weighted by Crippen LogP contribution is 2.40. The van der Waals surface area contributed by atoms with Crippen molar-refractivity contribution < 1.29 is 4.74 Å². The zero-order chi connectivity index (χ0) is 16.1. The van der Waals surface area contributed by atoms with E-state index in [2.05, 4.69) is 77.1 Å². The Labute approximate surface area is 140 Å². The molecular weight excluding hydrogens is 296 g/mol. The van der Waals surface area contributed by atoms with E-state index < -0.39 is 0 Å². The van der Waals surface area contributed by atoms with E-state index in [1.807, 2.05) is 12.1 Å². The van der Waals surface area contributed by atoms with Crippen LogP contribution in [-0.4, -0.2) is 11.3 Å². The van der Waals surface area contributed by atoms with Gasteiger partial charge in [0.25, 0.3) is 0 Å². The van der Waals surface area contributed by atoms with Crippen LogP contribution in [0.2, 0.25) is 0 Å². The molecule has 0 N–H and O–H groups in total. The summed E-state index contributed by atoms with van der Waals surface area (Å²) in [6, 6.07) is 25.5. The zero-order valence-corrected chi connectivity index (χ0v) is 13.5. The fraction of sp³-hybridized carbons (Fsp3) is 0.143. The molecule has 4 aromatic rings. The van der Waals surface area contributed by atoms with E-state index in [1.165, 1.54) is 21.8 Å². The van der Waals surface area contributed by atoms with Crippen LogP contribution in [0.15, 0.2) is 72.8 Å². The number of para-hydroxylation sites is 4. The second-order valence-corrected chi connectivity index (χ2v) is 6.25. The lowest BCUT2D eigenvalue weighted by atomic mass is 10.2. The molecule has 2 heterocycles. The smallest absolute Gasteiger partial charge is 0.163 e. The summed E-state index contributed by atoms with van der Waals surface area (Å²) in [5.41, 5.74) is 3.68. The standard InChI is InChI=1S/C21H18N2O/c1-15(22-14-24-21-13-7-6-12-20(21)22)23-18-10-4-2-8-16(18)17-9-3-5-11-19(17)23/h2-13,15H,14H2,1H3. The predicted octanol–water partition coefficient (Wildman–Crippen LogP) is 5.17. The van der Waals surface area contributed by atoms with Crippen molar-refractivity contribution in [2.24, 2.45) is 0 Å². The third-order valence-electron chi connectivity index (χ3n) is 4.98. The molecule has 1 unspecified atom stereocenters. The summed E-state index contributed by atoms with van der Waals surface area (Å²) >= 11 is 0. The van der Waals surface area contributed by atoms with Crippen LogP contribution >= 0.6 is 0 Å². The van der Waals surface area contributed by atoms with Gasteiger partial charge >= 0.3 is 0 Å². The molecular formula is C21H18N2O. The van der Waals surface area contributed by atoms with Crippen LogP contribution in [0.5, 0.6) is 5.75 Å². The zero-order valence-electron chi connectivity index (χ0n) is 13.5. The number of hydrogen-bond acceptors (Lipinski definition) is 2. The summed E-state index contributed by atoms with van der Waals surface area (Å²) in [7, 11) is 0. The Balaban J connectivity index is 1.74. The molecule has 24 heavy (non-hydrogen) atoms. The van der Waals surface area contributed by atoms with E-state index in [1.54, 1.807) is 0 Å².